The maximum absolute atomic E-state index is 13.1. The molecule has 12 heteroatoms. The number of aromatic nitrogens is 2. The SMILES string of the molecule is Cc1c(-c2nc3c(o2)CN(C(=O)CN2CCN(C)CC2)C3)cccc1-c1cccc(-c2nc3cc(CN4CCC(C)(C(=O)O)C4)cc(C#N)c3o2)c1C. The van der Waals surface area contributed by atoms with Crippen LogP contribution in [0.25, 0.3) is 45.1 Å². The molecule has 1 unspecified atom stereocenters. The van der Waals surface area contributed by atoms with Crippen LogP contribution in [0.15, 0.2) is 57.4 Å². The fourth-order valence-corrected chi connectivity index (χ4v) is 7.95. The second-order valence-electron chi connectivity index (χ2n) is 15.1. The largest absolute Gasteiger partial charge is 0.481 e. The third-order valence-corrected chi connectivity index (χ3v) is 11.3. The first-order chi connectivity index (χ1) is 25.5. The number of benzene rings is 3. The predicted molar refractivity (Wildman–Crippen MR) is 198 cm³/mol. The highest BCUT2D eigenvalue weighted by molar-refractivity contribution is 5.85. The summed E-state index contributed by atoms with van der Waals surface area (Å²) in [6.45, 7) is 12.6. The fraction of sp³-hybridized carbons (Fsp3) is 0.390. The lowest BCUT2D eigenvalue weighted by Gasteiger charge is -2.32. The number of likely N-dealkylation sites (N-methyl/N-ethyl adjacent to an activating group) is 1. The minimum absolute atomic E-state index is 0.105. The molecule has 2 aromatic heterocycles. The van der Waals surface area contributed by atoms with Crippen LogP contribution in [0.2, 0.25) is 0 Å². The van der Waals surface area contributed by atoms with Gasteiger partial charge in [0.15, 0.2) is 5.58 Å². The number of nitriles is 1. The predicted octanol–water partition coefficient (Wildman–Crippen LogP) is 5.69. The standard InChI is InChI=1S/C41H43N7O5/c1-25-29(7-5-9-31(25)38-44-34-21-48(22-35(34)52-38)36(49)23-46-15-13-45(4)14-16-46)30-8-6-10-32(26(30)2)39-43-33-18-27(17-28(19-42)37(33)53-39)20-47-12-11-41(3,24-47)40(50)51/h5-10,17-18H,11-16,20-24H2,1-4H3,(H,50,51). The molecule has 0 aliphatic carbocycles. The van der Waals surface area contributed by atoms with Gasteiger partial charge in [0.1, 0.15) is 23.0 Å². The maximum Gasteiger partial charge on any atom is 0.310 e. The summed E-state index contributed by atoms with van der Waals surface area (Å²) in [6.07, 6.45) is 0.584. The maximum atomic E-state index is 13.1. The number of aliphatic carboxylic acids is 1. The molecule has 53 heavy (non-hydrogen) atoms. The van der Waals surface area contributed by atoms with Crippen LogP contribution in [-0.4, -0.2) is 99.4 Å². The Kier molecular flexibility index (Phi) is 8.89. The number of likely N-dealkylation sites (tertiary alicyclic amines) is 1. The molecule has 3 aliphatic rings. The van der Waals surface area contributed by atoms with E-state index in [1.54, 1.807) is 6.92 Å². The van der Waals surface area contributed by atoms with Crippen LogP contribution in [0.3, 0.4) is 0 Å². The van der Waals surface area contributed by atoms with E-state index in [2.05, 4.69) is 46.9 Å². The summed E-state index contributed by atoms with van der Waals surface area (Å²) in [6, 6.07) is 18.2. The van der Waals surface area contributed by atoms with Gasteiger partial charge in [-0.25, -0.2) is 9.97 Å². The van der Waals surface area contributed by atoms with Gasteiger partial charge in [0, 0.05) is 50.4 Å². The number of hydrogen-bond acceptors (Lipinski definition) is 10. The van der Waals surface area contributed by atoms with Gasteiger partial charge in [0.2, 0.25) is 17.7 Å². The first-order valence-corrected chi connectivity index (χ1v) is 18.2. The summed E-state index contributed by atoms with van der Waals surface area (Å²) >= 11 is 0. The molecule has 1 N–H and O–H groups in total. The topological polar surface area (TPSA) is 143 Å². The molecule has 3 aromatic carbocycles. The molecule has 0 bridgehead atoms. The zero-order valence-electron chi connectivity index (χ0n) is 30.6. The first kappa shape index (κ1) is 34.7. The highest BCUT2D eigenvalue weighted by atomic mass is 16.4. The van der Waals surface area contributed by atoms with E-state index in [1.807, 2.05) is 48.2 Å². The van der Waals surface area contributed by atoms with Gasteiger partial charge in [0.25, 0.3) is 0 Å². The number of amides is 1. The first-order valence-electron chi connectivity index (χ1n) is 18.2. The smallest absolute Gasteiger partial charge is 0.310 e. The molecular formula is C41H43N7O5. The lowest BCUT2D eigenvalue weighted by molar-refractivity contribution is -0.147. The van der Waals surface area contributed by atoms with Gasteiger partial charge in [-0.3, -0.25) is 19.4 Å². The summed E-state index contributed by atoms with van der Waals surface area (Å²) in [5, 5.41) is 19.7. The number of oxazole rings is 2. The summed E-state index contributed by atoms with van der Waals surface area (Å²) in [4.78, 5) is 43.0. The molecule has 0 radical (unpaired) electrons. The Labute approximate surface area is 308 Å². The third-order valence-electron chi connectivity index (χ3n) is 11.3. The van der Waals surface area contributed by atoms with E-state index in [0.29, 0.717) is 74.1 Å². The number of hydrogen-bond donors (Lipinski definition) is 1. The van der Waals surface area contributed by atoms with Crippen LogP contribution in [0.4, 0.5) is 0 Å². The van der Waals surface area contributed by atoms with E-state index in [1.165, 1.54) is 0 Å². The zero-order valence-corrected chi connectivity index (χ0v) is 30.6. The number of carbonyl (C=O) groups excluding carboxylic acids is 1. The Hall–Kier alpha value is -5.35. The van der Waals surface area contributed by atoms with Crippen molar-refractivity contribution in [2.45, 2.75) is 46.8 Å². The molecule has 1 atom stereocenters. The number of carboxylic acids is 1. The van der Waals surface area contributed by atoms with E-state index in [0.717, 1.165) is 76.6 Å². The Morgan fingerprint density at radius 3 is 2.17 bits per heavy atom. The normalized spacial score (nSPS) is 19.6. The van der Waals surface area contributed by atoms with E-state index >= 15 is 0 Å². The third kappa shape index (κ3) is 6.50. The second-order valence-corrected chi connectivity index (χ2v) is 15.1. The molecule has 5 heterocycles. The average Bonchev–Trinajstić information content (AvgIpc) is 3.93. The number of fused-ring (bicyclic) bond motifs is 2. The Bertz CT molecular complexity index is 2270. The van der Waals surface area contributed by atoms with Gasteiger partial charge in [-0.1, -0.05) is 24.3 Å². The molecule has 1 amide bonds. The molecular weight excluding hydrogens is 670 g/mol. The van der Waals surface area contributed by atoms with Gasteiger partial charge in [-0.05, 0) is 92.9 Å². The monoisotopic (exact) mass is 713 g/mol. The molecule has 2 saturated heterocycles. The average molecular weight is 714 g/mol. The van der Waals surface area contributed by atoms with Crippen molar-refractivity contribution in [1.29, 1.82) is 5.26 Å². The highest BCUT2D eigenvalue weighted by Gasteiger charge is 2.40. The molecule has 0 spiro atoms. The molecule has 272 valence electrons. The number of carboxylic acid groups (broad SMARTS) is 1. The summed E-state index contributed by atoms with van der Waals surface area (Å²) in [7, 11) is 2.11. The van der Waals surface area contributed by atoms with Crippen molar-refractivity contribution < 1.29 is 23.5 Å². The van der Waals surface area contributed by atoms with Crippen LogP contribution in [0.1, 0.15) is 47.1 Å². The Balaban J connectivity index is 1.02. The van der Waals surface area contributed by atoms with Crippen LogP contribution in [0, 0.1) is 30.6 Å². The van der Waals surface area contributed by atoms with Gasteiger partial charge >= 0.3 is 5.97 Å². The van der Waals surface area contributed by atoms with Crippen LogP contribution in [0.5, 0.6) is 0 Å². The van der Waals surface area contributed by atoms with Crippen LogP contribution >= 0.6 is 0 Å². The number of nitrogens with zero attached hydrogens (tertiary/aromatic N) is 7. The summed E-state index contributed by atoms with van der Waals surface area (Å²) in [5.74, 6) is 1.04. The lowest BCUT2D eigenvalue weighted by atomic mass is 9.90. The van der Waals surface area contributed by atoms with Gasteiger partial charge < -0.3 is 23.7 Å². The number of carbonyl (C=O) groups is 2. The van der Waals surface area contributed by atoms with E-state index in [-0.39, 0.29) is 5.91 Å². The Morgan fingerprint density at radius 2 is 1.55 bits per heavy atom. The molecule has 12 nitrogen and oxygen atoms in total. The minimum atomic E-state index is -0.785. The van der Waals surface area contributed by atoms with Gasteiger partial charge in [0.05, 0.1) is 30.6 Å². The fourth-order valence-electron chi connectivity index (χ4n) is 7.95. The highest BCUT2D eigenvalue weighted by Crippen LogP contribution is 2.39. The van der Waals surface area contributed by atoms with Gasteiger partial charge in [-0.15, -0.1) is 0 Å². The van der Waals surface area contributed by atoms with Crippen molar-refractivity contribution in [3.05, 3.63) is 82.2 Å². The Morgan fingerprint density at radius 1 is 0.887 bits per heavy atom. The van der Waals surface area contributed by atoms with E-state index in [9.17, 15) is 20.0 Å². The zero-order chi connectivity index (χ0) is 37.0. The van der Waals surface area contributed by atoms with Crippen molar-refractivity contribution in [1.82, 2.24) is 29.6 Å². The minimum Gasteiger partial charge on any atom is -0.481 e. The van der Waals surface area contributed by atoms with Crippen molar-refractivity contribution >= 4 is 23.0 Å². The summed E-state index contributed by atoms with van der Waals surface area (Å²) in [5.41, 5.74) is 8.11. The van der Waals surface area contributed by atoms with Crippen molar-refractivity contribution in [2.24, 2.45) is 5.41 Å². The molecule has 5 aromatic rings. The number of piperazine rings is 1. The molecule has 3 aliphatic heterocycles. The second kappa shape index (κ2) is 13.6. The van der Waals surface area contributed by atoms with E-state index in [4.69, 9.17) is 18.8 Å². The molecule has 0 saturated carbocycles. The molecule has 8 rings (SSSR count). The van der Waals surface area contributed by atoms with Crippen molar-refractivity contribution in [3.63, 3.8) is 0 Å². The summed E-state index contributed by atoms with van der Waals surface area (Å²) < 4.78 is 12.6. The quantitative estimate of drug-likeness (QED) is 0.212. The van der Waals surface area contributed by atoms with Crippen LogP contribution < -0.4 is 0 Å². The van der Waals surface area contributed by atoms with Crippen LogP contribution in [-0.2, 0) is 29.2 Å². The van der Waals surface area contributed by atoms with E-state index < -0.39 is 11.4 Å². The van der Waals surface area contributed by atoms with Gasteiger partial charge in [-0.2, -0.15) is 5.26 Å². The van der Waals surface area contributed by atoms with Crippen molar-refractivity contribution in [2.75, 3.05) is 52.9 Å². The van der Waals surface area contributed by atoms with Crippen molar-refractivity contribution in [3.8, 4) is 40.1 Å². The molecule has 2 fully saturated rings. The lowest BCUT2D eigenvalue weighted by Crippen LogP contribution is -2.48. The number of rotatable bonds is 8.